The Morgan fingerprint density at radius 1 is 1.07 bits per heavy atom. The molecule has 0 unspecified atom stereocenters. The molecule has 0 radical (unpaired) electrons. The average molecular weight is 396 g/mol. The van der Waals surface area contributed by atoms with E-state index in [2.05, 4.69) is 27.3 Å². The first-order valence-electron chi connectivity index (χ1n) is 9.94. The standard InChI is InChI=1S/C22H29N5O2/c1-17(28)24-19-8-6-18(7-9-19)10-12-26-13-15-27(16-14-26)22(29)20-5-4-11-23-21(20)25(2)3/h4-9,11H,10,12-16H2,1-3H3,(H,24,28). The molecule has 2 heterocycles. The van der Waals surface area contributed by atoms with Gasteiger partial charge in [-0.3, -0.25) is 14.5 Å². The van der Waals surface area contributed by atoms with Crippen LogP contribution in [0, 0.1) is 0 Å². The largest absolute Gasteiger partial charge is 0.362 e. The molecule has 3 rings (SSSR count). The predicted octanol–water partition coefficient (Wildman–Crippen LogP) is 2.11. The molecule has 0 spiro atoms. The van der Waals surface area contributed by atoms with Crippen LogP contribution in [-0.2, 0) is 11.2 Å². The molecular formula is C22H29N5O2. The lowest BCUT2D eigenvalue weighted by Gasteiger charge is -2.35. The maximum Gasteiger partial charge on any atom is 0.257 e. The van der Waals surface area contributed by atoms with Gasteiger partial charge in [0.15, 0.2) is 0 Å². The van der Waals surface area contributed by atoms with Gasteiger partial charge in [-0.25, -0.2) is 4.98 Å². The lowest BCUT2D eigenvalue weighted by molar-refractivity contribution is -0.114. The molecule has 1 aliphatic heterocycles. The summed E-state index contributed by atoms with van der Waals surface area (Å²) in [5.74, 6) is 0.701. The third-order valence-corrected chi connectivity index (χ3v) is 5.09. The molecule has 1 aromatic carbocycles. The highest BCUT2D eigenvalue weighted by Crippen LogP contribution is 2.18. The predicted molar refractivity (Wildman–Crippen MR) is 115 cm³/mol. The van der Waals surface area contributed by atoms with Gasteiger partial charge in [0.1, 0.15) is 5.82 Å². The first-order valence-corrected chi connectivity index (χ1v) is 9.94. The Balaban J connectivity index is 1.49. The third kappa shape index (κ3) is 5.54. The molecule has 7 nitrogen and oxygen atoms in total. The van der Waals surface area contributed by atoms with Crippen LogP contribution >= 0.6 is 0 Å². The van der Waals surface area contributed by atoms with Crippen molar-refractivity contribution in [2.24, 2.45) is 0 Å². The summed E-state index contributed by atoms with van der Waals surface area (Å²) in [6, 6.07) is 11.6. The molecule has 7 heteroatoms. The van der Waals surface area contributed by atoms with Crippen LogP contribution in [0.15, 0.2) is 42.6 Å². The van der Waals surface area contributed by atoms with Crippen molar-refractivity contribution in [2.75, 3.05) is 57.0 Å². The molecule has 0 aliphatic carbocycles. The number of nitrogens with zero attached hydrogens (tertiary/aromatic N) is 4. The maximum atomic E-state index is 12.9. The highest BCUT2D eigenvalue weighted by Gasteiger charge is 2.24. The zero-order chi connectivity index (χ0) is 20.8. The number of rotatable bonds is 6. The Hall–Kier alpha value is -2.93. The SMILES string of the molecule is CC(=O)Nc1ccc(CCN2CCN(C(=O)c3cccnc3N(C)C)CC2)cc1. The van der Waals surface area contributed by atoms with Crippen molar-refractivity contribution in [3.63, 3.8) is 0 Å². The van der Waals surface area contributed by atoms with Crippen LogP contribution in [0.1, 0.15) is 22.8 Å². The second kappa shape index (κ2) is 9.52. The molecular weight excluding hydrogens is 366 g/mol. The average Bonchev–Trinajstić information content (AvgIpc) is 2.72. The first-order chi connectivity index (χ1) is 13.9. The molecule has 1 aliphatic rings. The number of aromatic nitrogens is 1. The van der Waals surface area contributed by atoms with Gasteiger partial charge < -0.3 is 15.1 Å². The number of pyridine rings is 1. The van der Waals surface area contributed by atoms with Crippen LogP contribution in [0.25, 0.3) is 0 Å². The van der Waals surface area contributed by atoms with E-state index in [0.29, 0.717) is 11.4 Å². The van der Waals surface area contributed by atoms with E-state index in [0.717, 1.165) is 44.8 Å². The Labute approximate surface area is 172 Å². The van der Waals surface area contributed by atoms with E-state index in [1.807, 2.05) is 48.2 Å². The summed E-state index contributed by atoms with van der Waals surface area (Å²) < 4.78 is 0. The summed E-state index contributed by atoms with van der Waals surface area (Å²) in [5.41, 5.74) is 2.72. The zero-order valence-corrected chi connectivity index (χ0v) is 17.4. The summed E-state index contributed by atoms with van der Waals surface area (Å²) in [6.45, 7) is 5.65. The number of nitrogens with one attached hydrogen (secondary N) is 1. The van der Waals surface area contributed by atoms with Gasteiger partial charge in [0.2, 0.25) is 5.91 Å². The van der Waals surface area contributed by atoms with E-state index >= 15 is 0 Å². The van der Waals surface area contributed by atoms with E-state index in [9.17, 15) is 9.59 Å². The number of hydrogen-bond acceptors (Lipinski definition) is 5. The number of carbonyl (C=O) groups excluding carboxylic acids is 2. The number of benzene rings is 1. The van der Waals surface area contributed by atoms with Crippen molar-refractivity contribution >= 4 is 23.3 Å². The second-order valence-electron chi connectivity index (χ2n) is 7.53. The second-order valence-corrected chi connectivity index (χ2v) is 7.53. The van der Waals surface area contributed by atoms with Crippen LogP contribution in [-0.4, -0.2) is 73.4 Å². The van der Waals surface area contributed by atoms with Crippen molar-refractivity contribution in [2.45, 2.75) is 13.3 Å². The van der Waals surface area contributed by atoms with Crippen molar-refractivity contribution in [3.8, 4) is 0 Å². The van der Waals surface area contributed by atoms with Gasteiger partial charge in [-0.05, 0) is 36.2 Å². The Morgan fingerprint density at radius 3 is 2.38 bits per heavy atom. The Morgan fingerprint density at radius 2 is 1.76 bits per heavy atom. The minimum Gasteiger partial charge on any atom is -0.362 e. The van der Waals surface area contributed by atoms with Gasteiger partial charge in [0.25, 0.3) is 5.91 Å². The van der Waals surface area contributed by atoms with E-state index in [1.165, 1.54) is 12.5 Å². The van der Waals surface area contributed by atoms with Crippen molar-refractivity contribution in [1.82, 2.24) is 14.8 Å². The molecule has 154 valence electrons. The molecule has 1 aromatic heterocycles. The molecule has 1 saturated heterocycles. The smallest absolute Gasteiger partial charge is 0.257 e. The summed E-state index contributed by atoms with van der Waals surface area (Å²) in [7, 11) is 3.81. The third-order valence-electron chi connectivity index (χ3n) is 5.09. The normalized spacial score (nSPS) is 14.5. The van der Waals surface area contributed by atoms with Gasteiger partial charge in [0.05, 0.1) is 5.56 Å². The monoisotopic (exact) mass is 395 g/mol. The number of amides is 2. The first kappa shape index (κ1) is 20.8. The van der Waals surface area contributed by atoms with Gasteiger partial charge >= 0.3 is 0 Å². The number of anilines is 2. The fourth-order valence-corrected chi connectivity index (χ4v) is 3.51. The lowest BCUT2D eigenvalue weighted by atomic mass is 10.1. The van der Waals surface area contributed by atoms with Crippen molar-refractivity contribution in [1.29, 1.82) is 0 Å². The van der Waals surface area contributed by atoms with Crippen LogP contribution in [0.2, 0.25) is 0 Å². The van der Waals surface area contributed by atoms with Crippen LogP contribution in [0.5, 0.6) is 0 Å². The lowest BCUT2D eigenvalue weighted by Crippen LogP contribution is -2.49. The van der Waals surface area contributed by atoms with Crippen LogP contribution in [0.4, 0.5) is 11.5 Å². The highest BCUT2D eigenvalue weighted by molar-refractivity contribution is 5.98. The molecule has 1 N–H and O–H groups in total. The minimum absolute atomic E-state index is 0.0509. The van der Waals surface area contributed by atoms with E-state index < -0.39 is 0 Å². The molecule has 0 saturated carbocycles. The van der Waals surface area contributed by atoms with Gasteiger partial charge in [0, 0.05) is 65.6 Å². The minimum atomic E-state index is -0.0610. The van der Waals surface area contributed by atoms with Crippen LogP contribution in [0.3, 0.4) is 0 Å². The van der Waals surface area contributed by atoms with E-state index in [1.54, 1.807) is 6.20 Å². The van der Waals surface area contributed by atoms with Gasteiger partial charge in [-0.1, -0.05) is 12.1 Å². The Kier molecular flexibility index (Phi) is 6.82. The maximum absolute atomic E-state index is 12.9. The molecule has 1 fully saturated rings. The topological polar surface area (TPSA) is 68.8 Å². The van der Waals surface area contributed by atoms with E-state index in [-0.39, 0.29) is 11.8 Å². The van der Waals surface area contributed by atoms with Gasteiger partial charge in [-0.2, -0.15) is 0 Å². The number of hydrogen-bond donors (Lipinski definition) is 1. The molecule has 2 amide bonds. The van der Waals surface area contributed by atoms with Crippen LogP contribution < -0.4 is 10.2 Å². The summed E-state index contributed by atoms with van der Waals surface area (Å²) >= 11 is 0. The quantitative estimate of drug-likeness (QED) is 0.811. The molecule has 29 heavy (non-hydrogen) atoms. The van der Waals surface area contributed by atoms with E-state index in [4.69, 9.17) is 0 Å². The van der Waals surface area contributed by atoms with Crippen molar-refractivity contribution < 1.29 is 9.59 Å². The fraction of sp³-hybridized carbons (Fsp3) is 0.409. The fourth-order valence-electron chi connectivity index (χ4n) is 3.51. The Bertz CT molecular complexity index is 843. The van der Waals surface area contributed by atoms with Gasteiger partial charge in [-0.15, -0.1) is 0 Å². The summed E-state index contributed by atoms with van der Waals surface area (Å²) in [4.78, 5) is 34.6. The number of carbonyl (C=O) groups is 2. The summed E-state index contributed by atoms with van der Waals surface area (Å²) in [5, 5.41) is 2.78. The highest BCUT2D eigenvalue weighted by atomic mass is 16.2. The molecule has 0 bridgehead atoms. The number of piperazine rings is 1. The molecule has 0 atom stereocenters. The van der Waals surface area contributed by atoms with Crippen molar-refractivity contribution in [3.05, 3.63) is 53.7 Å². The molecule has 2 aromatic rings. The zero-order valence-electron chi connectivity index (χ0n) is 17.4. The summed E-state index contributed by atoms with van der Waals surface area (Å²) in [6.07, 6.45) is 2.66.